The normalized spacial score (nSPS) is 19.0. The molecule has 0 spiro atoms. The van der Waals surface area contributed by atoms with Crippen molar-refractivity contribution in [3.05, 3.63) is 54.2 Å². The minimum absolute atomic E-state index is 0.00375. The molecule has 0 saturated carbocycles. The number of pyridine rings is 1. The van der Waals surface area contributed by atoms with Crippen molar-refractivity contribution in [1.82, 2.24) is 34.4 Å². The lowest BCUT2D eigenvalue weighted by molar-refractivity contribution is 0.0737. The van der Waals surface area contributed by atoms with Crippen LogP contribution in [0.3, 0.4) is 0 Å². The van der Waals surface area contributed by atoms with E-state index in [0.29, 0.717) is 41.1 Å². The van der Waals surface area contributed by atoms with Crippen LogP contribution in [0.4, 0.5) is 13.2 Å². The molecule has 0 N–H and O–H groups in total. The topological polar surface area (TPSA) is 97.7 Å². The quantitative estimate of drug-likeness (QED) is 0.360. The molecule has 4 aromatic rings. The van der Waals surface area contributed by atoms with Gasteiger partial charge in [0.25, 0.3) is 0 Å². The van der Waals surface area contributed by atoms with Crippen LogP contribution in [0.5, 0.6) is 5.75 Å². The molecular weight excluding hydrogens is 473 g/mol. The van der Waals surface area contributed by atoms with Crippen molar-refractivity contribution in [3.63, 3.8) is 0 Å². The summed E-state index contributed by atoms with van der Waals surface area (Å²) in [6.45, 7) is 1.17. The zero-order valence-corrected chi connectivity index (χ0v) is 19.6. The minimum atomic E-state index is -2.81. The third kappa shape index (κ3) is 4.21. The van der Waals surface area contributed by atoms with Crippen molar-refractivity contribution in [2.75, 3.05) is 13.1 Å². The number of imidazole rings is 1. The van der Waals surface area contributed by atoms with Crippen LogP contribution >= 0.6 is 0 Å². The molecule has 1 aliphatic heterocycles. The van der Waals surface area contributed by atoms with Crippen LogP contribution < -0.4 is 4.74 Å². The third-order valence-corrected chi connectivity index (χ3v) is 6.42. The fraction of sp³-hybridized carbons (Fsp3) is 0.375. The lowest BCUT2D eigenvalue weighted by atomic mass is 10.0. The predicted octanol–water partition coefficient (Wildman–Crippen LogP) is 4.60. The first-order valence-corrected chi connectivity index (χ1v) is 11.4. The van der Waals surface area contributed by atoms with Gasteiger partial charge in [-0.05, 0) is 44.5 Å². The number of rotatable bonds is 6. The SMILES string of the molecule is Cc1c(-c2cc(OC(C)c3ccccn3)c3c(c2)ncn3C(F)F)nnn1C1CCN(C#N)CC1F. The van der Waals surface area contributed by atoms with E-state index in [0.717, 1.165) is 10.9 Å². The van der Waals surface area contributed by atoms with E-state index in [1.165, 1.54) is 9.58 Å². The molecule has 5 rings (SSSR count). The first-order chi connectivity index (χ1) is 17.4. The first-order valence-electron chi connectivity index (χ1n) is 11.4. The van der Waals surface area contributed by atoms with Gasteiger partial charge in [-0.2, -0.15) is 14.0 Å². The summed E-state index contributed by atoms with van der Waals surface area (Å²) in [5.41, 5.74) is 2.72. The molecule has 186 valence electrons. The van der Waals surface area contributed by atoms with Gasteiger partial charge >= 0.3 is 6.55 Å². The standard InChI is InChI=1S/C24H23F3N8O/c1-14-22(31-32-35(14)20-6-8-33(12-28)11-17(20)25)16-9-19-23(34(13-30-19)24(26)27)21(10-16)36-15(2)18-5-3-4-7-29-18/h3-5,7,9-10,13,15,17,20,24H,6,8,11H2,1-2H3. The second-order valence-corrected chi connectivity index (χ2v) is 8.67. The number of aromatic nitrogens is 6. The average Bonchev–Trinajstić information content (AvgIpc) is 3.48. The molecule has 3 aromatic heterocycles. The van der Waals surface area contributed by atoms with Gasteiger partial charge in [0.2, 0.25) is 0 Å². The van der Waals surface area contributed by atoms with E-state index >= 15 is 0 Å². The number of piperidine rings is 1. The molecule has 1 saturated heterocycles. The van der Waals surface area contributed by atoms with Gasteiger partial charge in [0.15, 0.2) is 6.19 Å². The monoisotopic (exact) mass is 496 g/mol. The summed E-state index contributed by atoms with van der Waals surface area (Å²) in [5.74, 6) is 0.193. The Morgan fingerprint density at radius 3 is 2.75 bits per heavy atom. The molecule has 0 aliphatic carbocycles. The summed E-state index contributed by atoms with van der Waals surface area (Å²) in [4.78, 5) is 9.83. The van der Waals surface area contributed by atoms with Gasteiger partial charge in [0.05, 0.1) is 29.5 Å². The molecular formula is C24H23F3N8O. The van der Waals surface area contributed by atoms with Gasteiger partial charge in [0, 0.05) is 18.3 Å². The van der Waals surface area contributed by atoms with Gasteiger partial charge in [-0.1, -0.05) is 11.3 Å². The zero-order valence-electron chi connectivity index (χ0n) is 19.6. The van der Waals surface area contributed by atoms with Crippen LogP contribution in [0, 0.1) is 18.4 Å². The van der Waals surface area contributed by atoms with E-state index < -0.39 is 24.9 Å². The summed E-state index contributed by atoms with van der Waals surface area (Å²) in [5, 5.41) is 17.5. The van der Waals surface area contributed by atoms with Crippen LogP contribution in [0.2, 0.25) is 0 Å². The highest BCUT2D eigenvalue weighted by Gasteiger charge is 2.33. The van der Waals surface area contributed by atoms with Gasteiger partial charge in [0.1, 0.15) is 35.6 Å². The smallest absolute Gasteiger partial charge is 0.320 e. The van der Waals surface area contributed by atoms with E-state index in [-0.39, 0.29) is 17.8 Å². The molecule has 0 radical (unpaired) electrons. The lowest BCUT2D eigenvalue weighted by Crippen LogP contribution is -2.40. The van der Waals surface area contributed by atoms with Gasteiger partial charge < -0.3 is 9.64 Å². The highest BCUT2D eigenvalue weighted by atomic mass is 19.3. The summed E-state index contributed by atoms with van der Waals surface area (Å²) in [6.07, 6.45) is 3.28. The highest BCUT2D eigenvalue weighted by Crippen LogP contribution is 2.37. The number of fused-ring (bicyclic) bond motifs is 1. The molecule has 9 nitrogen and oxygen atoms in total. The third-order valence-electron chi connectivity index (χ3n) is 6.42. The largest absolute Gasteiger partial charge is 0.482 e. The predicted molar refractivity (Wildman–Crippen MR) is 124 cm³/mol. The summed E-state index contributed by atoms with van der Waals surface area (Å²) in [7, 11) is 0. The Balaban J connectivity index is 1.55. The van der Waals surface area contributed by atoms with E-state index in [1.807, 2.05) is 12.3 Å². The lowest BCUT2D eigenvalue weighted by Gasteiger charge is -2.31. The maximum absolute atomic E-state index is 14.8. The number of ether oxygens (including phenoxy) is 1. The Morgan fingerprint density at radius 1 is 1.22 bits per heavy atom. The van der Waals surface area contributed by atoms with Crippen molar-refractivity contribution < 1.29 is 17.9 Å². The van der Waals surface area contributed by atoms with Crippen LogP contribution in [0.25, 0.3) is 22.3 Å². The van der Waals surface area contributed by atoms with E-state index in [9.17, 15) is 13.2 Å². The Kier molecular flexibility index (Phi) is 6.22. The van der Waals surface area contributed by atoms with E-state index in [2.05, 4.69) is 20.3 Å². The summed E-state index contributed by atoms with van der Waals surface area (Å²) in [6, 6.07) is 8.08. The molecule has 3 unspecified atom stereocenters. The number of nitriles is 1. The zero-order chi connectivity index (χ0) is 25.4. The maximum atomic E-state index is 14.8. The summed E-state index contributed by atoms with van der Waals surface area (Å²) < 4.78 is 50.7. The molecule has 1 aliphatic rings. The van der Waals surface area contributed by atoms with Crippen LogP contribution in [-0.4, -0.2) is 53.7 Å². The Bertz CT molecular complexity index is 1410. The minimum Gasteiger partial charge on any atom is -0.482 e. The average molecular weight is 496 g/mol. The molecule has 1 fully saturated rings. The Labute approximate surface area is 204 Å². The molecule has 36 heavy (non-hydrogen) atoms. The maximum Gasteiger partial charge on any atom is 0.320 e. The number of nitrogens with zero attached hydrogens (tertiary/aromatic N) is 8. The molecule has 1 aromatic carbocycles. The number of benzene rings is 1. The summed E-state index contributed by atoms with van der Waals surface area (Å²) >= 11 is 0. The number of likely N-dealkylation sites (tertiary alicyclic amines) is 1. The van der Waals surface area contributed by atoms with Crippen molar-refractivity contribution >= 4 is 11.0 Å². The van der Waals surface area contributed by atoms with E-state index in [1.54, 1.807) is 44.3 Å². The van der Waals surface area contributed by atoms with Crippen molar-refractivity contribution in [2.24, 2.45) is 0 Å². The van der Waals surface area contributed by atoms with Gasteiger partial charge in [-0.3, -0.25) is 9.55 Å². The molecule has 0 bridgehead atoms. The molecule has 0 amide bonds. The second kappa shape index (κ2) is 9.49. The highest BCUT2D eigenvalue weighted by molar-refractivity contribution is 5.87. The van der Waals surface area contributed by atoms with Crippen LogP contribution in [0.15, 0.2) is 42.9 Å². The van der Waals surface area contributed by atoms with Gasteiger partial charge in [-0.15, -0.1) is 5.10 Å². The van der Waals surface area contributed by atoms with Crippen molar-refractivity contribution in [2.45, 2.75) is 45.1 Å². The Hall–Kier alpha value is -4.14. The second-order valence-electron chi connectivity index (χ2n) is 8.67. The van der Waals surface area contributed by atoms with Crippen molar-refractivity contribution in [1.29, 1.82) is 5.26 Å². The number of halogens is 3. The first kappa shape index (κ1) is 23.6. The van der Waals surface area contributed by atoms with E-state index in [4.69, 9.17) is 10.00 Å². The van der Waals surface area contributed by atoms with Crippen LogP contribution in [-0.2, 0) is 0 Å². The number of hydrogen-bond donors (Lipinski definition) is 0. The molecule has 3 atom stereocenters. The Morgan fingerprint density at radius 2 is 2.06 bits per heavy atom. The van der Waals surface area contributed by atoms with Crippen LogP contribution in [0.1, 0.15) is 43.4 Å². The van der Waals surface area contributed by atoms with Gasteiger partial charge in [-0.25, -0.2) is 14.1 Å². The fourth-order valence-corrected chi connectivity index (χ4v) is 4.56. The fourth-order valence-electron chi connectivity index (χ4n) is 4.56. The number of hydrogen-bond acceptors (Lipinski definition) is 7. The number of alkyl halides is 3. The molecule has 12 heteroatoms. The van der Waals surface area contributed by atoms with Crippen molar-refractivity contribution in [3.8, 4) is 23.2 Å². The molecule has 4 heterocycles.